The van der Waals surface area contributed by atoms with E-state index in [0.29, 0.717) is 17.1 Å². The largest absolute Gasteiger partial charge is 0.347 e. The number of hydrogen-bond donors (Lipinski definition) is 2. The van der Waals surface area contributed by atoms with E-state index in [0.717, 1.165) is 23.3 Å². The molecule has 2 amide bonds. The lowest BCUT2D eigenvalue weighted by molar-refractivity contribution is -0.131. The third kappa shape index (κ3) is 3.75. The third-order valence-corrected chi connectivity index (χ3v) is 6.86. The van der Waals surface area contributed by atoms with E-state index >= 15 is 0 Å². The highest BCUT2D eigenvalue weighted by Gasteiger charge is 2.51. The molecule has 0 aliphatic heterocycles. The van der Waals surface area contributed by atoms with Crippen molar-refractivity contribution in [3.63, 3.8) is 0 Å². The molecule has 0 spiro atoms. The number of benzene rings is 1. The van der Waals surface area contributed by atoms with Crippen molar-refractivity contribution in [2.75, 3.05) is 11.9 Å². The van der Waals surface area contributed by atoms with Crippen molar-refractivity contribution < 1.29 is 9.59 Å². The Balaban J connectivity index is 1.29. The summed E-state index contributed by atoms with van der Waals surface area (Å²) in [5.41, 5.74) is 1.85. The Kier molecular flexibility index (Phi) is 4.72. The lowest BCUT2D eigenvalue weighted by Gasteiger charge is -2.56. The molecule has 4 aliphatic rings. The van der Waals surface area contributed by atoms with E-state index in [-0.39, 0.29) is 23.8 Å². The van der Waals surface area contributed by atoms with Crippen molar-refractivity contribution in [1.29, 1.82) is 0 Å². The summed E-state index contributed by atoms with van der Waals surface area (Å²) in [5.74, 6) is 2.31. The SMILES string of the molecule is Cc1ccc(Cl)cc1NC(=O)CNC(=O)CC12CC3CC(CC(C3)C1)C2. The Morgan fingerprint density at radius 3 is 2.31 bits per heavy atom. The fourth-order valence-corrected chi connectivity index (χ4v) is 6.18. The van der Waals surface area contributed by atoms with Crippen LogP contribution in [0.5, 0.6) is 0 Å². The van der Waals surface area contributed by atoms with Crippen LogP contribution in [0.4, 0.5) is 5.69 Å². The smallest absolute Gasteiger partial charge is 0.243 e. The van der Waals surface area contributed by atoms with Gasteiger partial charge in [-0.25, -0.2) is 0 Å². The van der Waals surface area contributed by atoms with Crippen LogP contribution < -0.4 is 10.6 Å². The molecule has 4 fully saturated rings. The van der Waals surface area contributed by atoms with Crippen molar-refractivity contribution in [3.05, 3.63) is 28.8 Å². The molecule has 4 aliphatic carbocycles. The first-order valence-electron chi connectivity index (χ1n) is 9.73. The van der Waals surface area contributed by atoms with E-state index in [1.54, 1.807) is 12.1 Å². The summed E-state index contributed by atoms with van der Waals surface area (Å²) in [5, 5.41) is 6.24. The number of rotatable bonds is 5. The molecule has 4 bridgehead atoms. The van der Waals surface area contributed by atoms with Gasteiger partial charge in [-0.2, -0.15) is 0 Å². The molecule has 0 radical (unpaired) electrons. The van der Waals surface area contributed by atoms with Gasteiger partial charge in [0.1, 0.15) is 0 Å². The van der Waals surface area contributed by atoms with Crippen molar-refractivity contribution in [2.24, 2.45) is 23.2 Å². The van der Waals surface area contributed by atoms with Crippen molar-refractivity contribution in [3.8, 4) is 0 Å². The predicted molar refractivity (Wildman–Crippen MR) is 103 cm³/mol. The van der Waals surface area contributed by atoms with Crippen LogP contribution in [0.15, 0.2) is 18.2 Å². The van der Waals surface area contributed by atoms with Gasteiger partial charge in [-0.05, 0) is 86.3 Å². The van der Waals surface area contributed by atoms with Crippen LogP contribution in [0.1, 0.15) is 50.5 Å². The predicted octanol–water partition coefficient (Wildman–Crippen LogP) is 4.31. The first kappa shape index (κ1) is 17.8. The second-order valence-electron chi connectivity index (χ2n) is 8.88. The molecule has 1 aromatic rings. The third-order valence-electron chi connectivity index (χ3n) is 6.62. The van der Waals surface area contributed by atoms with E-state index < -0.39 is 0 Å². The zero-order valence-electron chi connectivity index (χ0n) is 15.3. The number of anilines is 1. The maximum absolute atomic E-state index is 12.5. The Bertz CT molecular complexity index is 695. The van der Waals surface area contributed by atoms with Gasteiger partial charge in [0.15, 0.2) is 0 Å². The number of aryl methyl sites for hydroxylation is 1. The maximum atomic E-state index is 12.5. The number of amides is 2. The minimum Gasteiger partial charge on any atom is -0.347 e. The maximum Gasteiger partial charge on any atom is 0.243 e. The van der Waals surface area contributed by atoms with Gasteiger partial charge in [-0.15, -0.1) is 0 Å². The topological polar surface area (TPSA) is 58.2 Å². The molecule has 1 aromatic carbocycles. The molecule has 5 rings (SSSR count). The second-order valence-corrected chi connectivity index (χ2v) is 9.31. The second kappa shape index (κ2) is 6.88. The summed E-state index contributed by atoms with van der Waals surface area (Å²) >= 11 is 5.98. The van der Waals surface area contributed by atoms with Gasteiger partial charge < -0.3 is 10.6 Å². The zero-order valence-corrected chi connectivity index (χ0v) is 16.1. The summed E-state index contributed by atoms with van der Waals surface area (Å²) in [6.07, 6.45) is 8.34. The lowest BCUT2D eigenvalue weighted by Crippen LogP contribution is -2.48. The highest BCUT2D eigenvalue weighted by molar-refractivity contribution is 6.31. The van der Waals surface area contributed by atoms with E-state index in [9.17, 15) is 9.59 Å². The molecule has 2 N–H and O–H groups in total. The first-order chi connectivity index (χ1) is 12.4. The quantitative estimate of drug-likeness (QED) is 0.806. The molecule has 0 saturated heterocycles. The molecule has 0 aromatic heterocycles. The average Bonchev–Trinajstić information content (AvgIpc) is 2.55. The van der Waals surface area contributed by atoms with Crippen LogP contribution in [0.25, 0.3) is 0 Å². The summed E-state index contributed by atoms with van der Waals surface area (Å²) in [6, 6.07) is 5.38. The molecule has 0 atom stereocenters. The van der Waals surface area contributed by atoms with Crippen LogP contribution in [0.3, 0.4) is 0 Å². The van der Waals surface area contributed by atoms with Gasteiger partial charge in [0.05, 0.1) is 6.54 Å². The molecule has 26 heavy (non-hydrogen) atoms. The normalized spacial score (nSPS) is 31.7. The number of carbonyl (C=O) groups excluding carboxylic acids is 2. The van der Waals surface area contributed by atoms with E-state index in [1.807, 2.05) is 13.0 Å². The van der Waals surface area contributed by atoms with Gasteiger partial charge in [-0.3, -0.25) is 9.59 Å². The number of hydrogen-bond acceptors (Lipinski definition) is 2. The molecule has 0 heterocycles. The molecule has 4 nitrogen and oxygen atoms in total. The van der Waals surface area contributed by atoms with Gasteiger partial charge >= 0.3 is 0 Å². The highest BCUT2D eigenvalue weighted by Crippen LogP contribution is 2.61. The molecular formula is C21H27ClN2O2. The summed E-state index contributed by atoms with van der Waals surface area (Å²) < 4.78 is 0. The Labute approximate surface area is 160 Å². The molecular weight excluding hydrogens is 348 g/mol. The van der Waals surface area contributed by atoms with Crippen LogP contribution in [-0.2, 0) is 9.59 Å². The van der Waals surface area contributed by atoms with Crippen LogP contribution in [-0.4, -0.2) is 18.4 Å². The van der Waals surface area contributed by atoms with E-state index in [1.165, 1.54) is 38.5 Å². The Morgan fingerprint density at radius 2 is 1.69 bits per heavy atom. The monoisotopic (exact) mass is 374 g/mol. The molecule has 5 heteroatoms. The van der Waals surface area contributed by atoms with Crippen molar-refractivity contribution in [1.82, 2.24) is 5.32 Å². The molecule has 140 valence electrons. The summed E-state index contributed by atoms with van der Waals surface area (Å²) in [6.45, 7) is 1.93. The van der Waals surface area contributed by atoms with Gasteiger partial charge in [0.25, 0.3) is 0 Å². The average molecular weight is 375 g/mol. The van der Waals surface area contributed by atoms with Crippen LogP contribution in [0, 0.1) is 30.1 Å². The molecule has 4 saturated carbocycles. The Hall–Kier alpha value is -1.55. The van der Waals surface area contributed by atoms with E-state index in [2.05, 4.69) is 10.6 Å². The standard InChI is InChI=1S/C21H27ClN2O2/c1-13-2-3-17(22)7-18(13)24-20(26)12-23-19(25)11-21-8-14-4-15(9-21)6-16(5-14)10-21/h2-3,7,14-16H,4-6,8-12H2,1H3,(H,23,25)(H,24,26). The highest BCUT2D eigenvalue weighted by atomic mass is 35.5. The summed E-state index contributed by atoms with van der Waals surface area (Å²) in [4.78, 5) is 24.7. The van der Waals surface area contributed by atoms with E-state index in [4.69, 9.17) is 11.6 Å². The van der Waals surface area contributed by atoms with Gasteiger partial charge in [0, 0.05) is 17.1 Å². The number of halogens is 1. The first-order valence-corrected chi connectivity index (χ1v) is 10.1. The Morgan fingerprint density at radius 1 is 1.08 bits per heavy atom. The zero-order chi connectivity index (χ0) is 18.3. The lowest BCUT2D eigenvalue weighted by atomic mass is 9.49. The van der Waals surface area contributed by atoms with Crippen LogP contribution >= 0.6 is 11.6 Å². The molecule has 0 unspecified atom stereocenters. The van der Waals surface area contributed by atoms with Crippen molar-refractivity contribution in [2.45, 2.75) is 51.9 Å². The number of carbonyl (C=O) groups is 2. The van der Waals surface area contributed by atoms with Crippen molar-refractivity contribution >= 4 is 29.1 Å². The fraction of sp³-hybridized carbons (Fsp3) is 0.619. The van der Waals surface area contributed by atoms with Gasteiger partial charge in [0.2, 0.25) is 11.8 Å². The van der Waals surface area contributed by atoms with Crippen LogP contribution in [0.2, 0.25) is 5.02 Å². The number of nitrogens with one attached hydrogen (secondary N) is 2. The minimum absolute atomic E-state index is 0.0111. The van der Waals surface area contributed by atoms with Gasteiger partial charge in [-0.1, -0.05) is 17.7 Å². The minimum atomic E-state index is -0.214. The fourth-order valence-electron chi connectivity index (χ4n) is 6.01. The summed E-state index contributed by atoms with van der Waals surface area (Å²) in [7, 11) is 0.